The normalized spacial score (nSPS) is 10.7. The Balaban J connectivity index is 2.25. The van der Waals surface area contributed by atoms with Crippen LogP contribution < -0.4 is 20.6 Å². The first-order valence-electron chi connectivity index (χ1n) is 7.25. The third kappa shape index (κ3) is 5.42. The Kier molecular flexibility index (Phi) is 7.22. The van der Waals surface area contributed by atoms with Crippen LogP contribution >= 0.6 is 44.1 Å². The Morgan fingerprint density at radius 1 is 1.28 bits per heavy atom. The highest BCUT2D eigenvalue weighted by molar-refractivity contribution is 9.13. The van der Waals surface area contributed by atoms with E-state index in [9.17, 15) is 0 Å². The van der Waals surface area contributed by atoms with E-state index in [1.807, 2.05) is 25.1 Å². The zero-order valence-electron chi connectivity index (χ0n) is 13.7. The van der Waals surface area contributed by atoms with Crippen LogP contribution in [0.15, 0.2) is 44.4 Å². The van der Waals surface area contributed by atoms with Crippen LogP contribution in [0.1, 0.15) is 16.7 Å². The van der Waals surface area contributed by atoms with Crippen LogP contribution in [-0.4, -0.2) is 18.4 Å². The van der Waals surface area contributed by atoms with Gasteiger partial charge in [-0.05, 0) is 62.6 Å². The van der Waals surface area contributed by atoms with Gasteiger partial charge >= 0.3 is 0 Å². The van der Waals surface area contributed by atoms with Gasteiger partial charge in [-0.2, -0.15) is 5.10 Å². The Hall–Kier alpha value is -1.64. The quantitative estimate of drug-likeness (QED) is 0.362. The van der Waals surface area contributed by atoms with Gasteiger partial charge in [0, 0.05) is 10.0 Å². The van der Waals surface area contributed by atoms with Crippen molar-refractivity contribution in [2.75, 3.05) is 7.11 Å². The molecule has 0 spiro atoms. The fourth-order valence-electron chi connectivity index (χ4n) is 1.99. The Labute approximate surface area is 168 Å². The van der Waals surface area contributed by atoms with Gasteiger partial charge in [0.15, 0.2) is 16.6 Å². The molecule has 5 nitrogen and oxygen atoms in total. The number of nitrogens with one attached hydrogen (secondary N) is 1. The summed E-state index contributed by atoms with van der Waals surface area (Å²) in [6.45, 7) is 2.48. The van der Waals surface area contributed by atoms with Crippen LogP contribution in [0.25, 0.3) is 0 Å². The minimum absolute atomic E-state index is 0.0939. The number of hydrazone groups is 1. The van der Waals surface area contributed by atoms with Crippen molar-refractivity contribution < 1.29 is 9.47 Å². The molecule has 2 aromatic carbocycles. The molecular formula is C17H17Br2N3O2S. The topological polar surface area (TPSA) is 68.9 Å². The lowest BCUT2D eigenvalue weighted by Gasteiger charge is -2.15. The average Bonchev–Trinajstić information content (AvgIpc) is 2.58. The van der Waals surface area contributed by atoms with Gasteiger partial charge in [-0.15, -0.1) is 0 Å². The Morgan fingerprint density at radius 2 is 1.96 bits per heavy atom. The van der Waals surface area contributed by atoms with Gasteiger partial charge in [-0.1, -0.05) is 29.8 Å². The molecule has 8 heteroatoms. The number of hydrogen-bond acceptors (Lipinski definition) is 4. The van der Waals surface area contributed by atoms with Gasteiger partial charge in [0.25, 0.3) is 0 Å². The van der Waals surface area contributed by atoms with Crippen LogP contribution in [0.5, 0.6) is 11.5 Å². The molecule has 25 heavy (non-hydrogen) atoms. The highest BCUT2D eigenvalue weighted by Gasteiger charge is 2.16. The van der Waals surface area contributed by atoms with Crippen molar-refractivity contribution in [3.63, 3.8) is 0 Å². The van der Waals surface area contributed by atoms with Gasteiger partial charge in [-0.3, -0.25) is 5.43 Å². The molecule has 0 amide bonds. The number of nitrogens with two attached hydrogens (primary N) is 1. The molecule has 0 saturated heterocycles. The van der Waals surface area contributed by atoms with Crippen LogP contribution in [0.3, 0.4) is 0 Å². The monoisotopic (exact) mass is 485 g/mol. The standard InChI is InChI=1S/C17H17Br2N3O2S/c1-10-3-5-11(6-4-10)9-24-16-13(23-2)7-12(14(18)15(16)19)8-21-22-17(20)25/h3-8H,9H2,1-2H3,(H3,20,22,25)/b21-8+. The van der Waals surface area contributed by atoms with Crippen molar-refractivity contribution in [1.82, 2.24) is 5.43 Å². The summed E-state index contributed by atoms with van der Waals surface area (Å²) in [7, 11) is 1.59. The molecule has 0 fully saturated rings. The molecule has 2 rings (SSSR count). The van der Waals surface area contributed by atoms with Gasteiger partial charge < -0.3 is 15.2 Å². The highest BCUT2D eigenvalue weighted by atomic mass is 79.9. The van der Waals surface area contributed by atoms with E-state index in [1.54, 1.807) is 13.3 Å². The van der Waals surface area contributed by atoms with Crippen molar-refractivity contribution in [3.8, 4) is 11.5 Å². The van der Waals surface area contributed by atoms with Gasteiger partial charge in [0.1, 0.15) is 6.61 Å². The molecule has 0 aliphatic carbocycles. The van der Waals surface area contributed by atoms with E-state index in [0.29, 0.717) is 18.1 Å². The molecular weight excluding hydrogens is 470 g/mol. The van der Waals surface area contributed by atoms with E-state index in [2.05, 4.69) is 54.5 Å². The summed E-state index contributed by atoms with van der Waals surface area (Å²) in [5.41, 5.74) is 10.9. The second-order valence-corrected chi connectivity index (χ2v) is 7.16. The number of rotatable bonds is 6. The number of ether oxygens (including phenoxy) is 2. The Morgan fingerprint density at radius 3 is 2.56 bits per heavy atom. The lowest BCUT2D eigenvalue weighted by atomic mass is 10.1. The zero-order chi connectivity index (χ0) is 18.4. The first kappa shape index (κ1) is 19.7. The number of halogens is 2. The molecule has 2 aromatic rings. The molecule has 132 valence electrons. The molecule has 3 N–H and O–H groups in total. The van der Waals surface area contributed by atoms with Crippen molar-refractivity contribution in [2.45, 2.75) is 13.5 Å². The van der Waals surface area contributed by atoms with Crippen molar-refractivity contribution in [2.24, 2.45) is 10.8 Å². The van der Waals surface area contributed by atoms with Crippen LogP contribution in [0.2, 0.25) is 0 Å². The summed E-state index contributed by atoms with van der Waals surface area (Å²) in [6.07, 6.45) is 1.58. The number of methoxy groups -OCH3 is 1. The summed E-state index contributed by atoms with van der Waals surface area (Å²) in [6, 6.07) is 9.98. The predicted molar refractivity (Wildman–Crippen MR) is 111 cm³/mol. The summed E-state index contributed by atoms with van der Waals surface area (Å²) in [5.74, 6) is 1.19. The lowest BCUT2D eigenvalue weighted by Crippen LogP contribution is -2.24. The van der Waals surface area contributed by atoms with Crippen molar-refractivity contribution >= 4 is 55.4 Å². The first-order valence-corrected chi connectivity index (χ1v) is 9.24. The molecule has 0 aliphatic heterocycles. The summed E-state index contributed by atoms with van der Waals surface area (Å²) < 4.78 is 12.9. The average molecular weight is 487 g/mol. The van der Waals surface area contributed by atoms with E-state index in [-0.39, 0.29) is 5.11 Å². The molecule has 0 heterocycles. The van der Waals surface area contributed by atoms with Gasteiger partial charge in [0.05, 0.1) is 17.8 Å². The fourth-order valence-corrected chi connectivity index (χ4v) is 2.98. The maximum atomic E-state index is 5.96. The molecule has 0 unspecified atom stereocenters. The van der Waals surface area contributed by atoms with Gasteiger partial charge in [0.2, 0.25) is 0 Å². The molecule has 0 saturated carbocycles. The number of thiocarbonyl (C=S) groups is 1. The lowest BCUT2D eigenvalue weighted by molar-refractivity contribution is 0.282. The largest absolute Gasteiger partial charge is 0.493 e. The SMILES string of the molecule is COc1cc(/C=N/NC(N)=S)c(Br)c(Br)c1OCc1ccc(C)cc1. The van der Waals surface area contributed by atoms with Crippen molar-refractivity contribution in [1.29, 1.82) is 0 Å². The second-order valence-electron chi connectivity index (χ2n) is 5.13. The van der Waals surface area contributed by atoms with E-state index in [1.165, 1.54) is 5.56 Å². The van der Waals surface area contributed by atoms with E-state index in [0.717, 1.165) is 20.1 Å². The van der Waals surface area contributed by atoms with Crippen LogP contribution in [0, 0.1) is 6.92 Å². The summed E-state index contributed by atoms with van der Waals surface area (Å²) in [4.78, 5) is 0. The smallest absolute Gasteiger partial charge is 0.184 e. The van der Waals surface area contributed by atoms with Crippen LogP contribution in [-0.2, 0) is 6.61 Å². The molecule has 0 radical (unpaired) electrons. The van der Waals surface area contributed by atoms with E-state index in [4.69, 9.17) is 27.4 Å². The fraction of sp³-hybridized carbons (Fsp3) is 0.176. The Bertz CT molecular complexity index is 795. The minimum Gasteiger partial charge on any atom is -0.493 e. The second kappa shape index (κ2) is 9.17. The van der Waals surface area contributed by atoms with E-state index >= 15 is 0 Å². The molecule has 0 aromatic heterocycles. The minimum atomic E-state index is 0.0939. The summed E-state index contributed by atoms with van der Waals surface area (Å²) >= 11 is 11.8. The number of benzene rings is 2. The predicted octanol–water partition coefficient (Wildman–Crippen LogP) is 4.27. The molecule has 0 bridgehead atoms. The molecule has 0 atom stereocenters. The zero-order valence-corrected chi connectivity index (χ0v) is 17.7. The number of hydrogen-bond donors (Lipinski definition) is 2. The first-order chi connectivity index (χ1) is 11.9. The van der Waals surface area contributed by atoms with Crippen molar-refractivity contribution in [3.05, 3.63) is 56.0 Å². The maximum Gasteiger partial charge on any atom is 0.184 e. The number of nitrogens with zero attached hydrogens (tertiary/aromatic N) is 1. The van der Waals surface area contributed by atoms with Gasteiger partial charge in [-0.25, -0.2) is 0 Å². The molecule has 0 aliphatic rings. The van der Waals surface area contributed by atoms with E-state index < -0.39 is 0 Å². The number of aryl methyl sites for hydroxylation is 1. The maximum absolute atomic E-state index is 5.96. The van der Waals surface area contributed by atoms with Crippen LogP contribution in [0.4, 0.5) is 0 Å². The summed E-state index contributed by atoms with van der Waals surface area (Å²) in [5, 5.41) is 4.06. The third-order valence-corrected chi connectivity index (χ3v) is 5.49. The third-order valence-electron chi connectivity index (χ3n) is 3.26. The highest BCUT2D eigenvalue weighted by Crippen LogP contribution is 2.42.